The fourth-order valence-corrected chi connectivity index (χ4v) is 3.14. The molecule has 0 aliphatic rings. The van der Waals surface area contributed by atoms with Crippen molar-refractivity contribution in [1.29, 1.82) is 0 Å². The molecule has 2 heterocycles. The second-order valence-electron chi connectivity index (χ2n) is 5.57. The number of nitrogen functional groups attached to an aromatic ring is 1. The lowest BCUT2D eigenvalue weighted by atomic mass is 10.2. The Morgan fingerprint density at radius 1 is 1.08 bits per heavy atom. The maximum Gasteiger partial charge on any atom is 0.343 e. The lowest BCUT2D eigenvalue weighted by molar-refractivity contribution is 0.0604. The average molecular weight is 387 g/mol. The van der Waals surface area contributed by atoms with Gasteiger partial charge < -0.3 is 10.5 Å². The van der Waals surface area contributed by atoms with Crippen LogP contribution in [0.15, 0.2) is 42.5 Å². The number of carbonyl (C=O) groups excluding carboxylic acids is 1. The number of aromatic nitrogens is 3. The first-order valence-corrected chi connectivity index (χ1v) is 8.37. The van der Waals surface area contributed by atoms with Gasteiger partial charge in [-0.3, -0.25) is 4.57 Å². The molecule has 0 radical (unpaired) electrons. The van der Waals surface area contributed by atoms with Gasteiger partial charge in [0.2, 0.25) is 0 Å². The van der Waals surface area contributed by atoms with Crippen molar-refractivity contribution in [3.63, 3.8) is 0 Å². The first-order chi connectivity index (χ1) is 12.5. The minimum Gasteiger partial charge on any atom is -0.465 e. The number of methoxy groups -OCH3 is 1. The Bertz CT molecular complexity index is 1190. The van der Waals surface area contributed by atoms with E-state index in [-0.39, 0.29) is 11.4 Å². The van der Waals surface area contributed by atoms with E-state index >= 15 is 0 Å². The highest BCUT2D eigenvalue weighted by atomic mass is 35.5. The summed E-state index contributed by atoms with van der Waals surface area (Å²) in [6, 6.07) is 12.4. The van der Waals surface area contributed by atoms with E-state index < -0.39 is 5.97 Å². The Balaban J connectivity index is 2.14. The monoisotopic (exact) mass is 386 g/mol. The number of ether oxygens (including phenoxy) is 1. The van der Waals surface area contributed by atoms with E-state index in [1.54, 1.807) is 22.8 Å². The maximum absolute atomic E-state index is 12.3. The number of fused-ring (bicyclic) bond motifs is 2. The average Bonchev–Trinajstić information content (AvgIpc) is 2.92. The molecule has 0 aliphatic carbocycles. The van der Waals surface area contributed by atoms with E-state index in [4.69, 9.17) is 33.7 Å². The molecule has 0 saturated carbocycles. The second-order valence-corrected chi connectivity index (χ2v) is 6.38. The summed E-state index contributed by atoms with van der Waals surface area (Å²) in [5, 5.41) is 0.772. The Morgan fingerprint density at radius 2 is 1.77 bits per heavy atom. The summed E-state index contributed by atoms with van der Waals surface area (Å²) in [5.74, 6) is -0.420. The summed E-state index contributed by atoms with van der Waals surface area (Å²) in [7, 11) is 1.29. The number of hydrogen-bond donors (Lipinski definition) is 1. The Kier molecular flexibility index (Phi) is 3.94. The molecule has 2 N–H and O–H groups in total. The molecule has 4 aromatic rings. The standard InChI is InChI=1S/C18H12Cl2N4O2/c1-26-18(25)14-15-17(23-13-5-3-2-4-12(13)22-15)24(16(14)21)9-6-7-10(19)11(20)8-9/h2-8H,21H2,1H3. The molecule has 8 heteroatoms. The molecule has 2 aromatic heterocycles. The molecule has 4 rings (SSSR count). The van der Waals surface area contributed by atoms with Crippen molar-refractivity contribution in [2.75, 3.05) is 12.8 Å². The van der Waals surface area contributed by atoms with Crippen LogP contribution in [0.3, 0.4) is 0 Å². The fraction of sp³-hybridized carbons (Fsp3) is 0.0556. The van der Waals surface area contributed by atoms with Gasteiger partial charge >= 0.3 is 5.97 Å². The van der Waals surface area contributed by atoms with Crippen LogP contribution < -0.4 is 5.73 Å². The topological polar surface area (TPSA) is 83.0 Å². The van der Waals surface area contributed by atoms with E-state index in [9.17, 15) is 4.79 Å². The van der Waals surface area contributed by atoms with Crippen molar-refractivity contribution in [2.24, 2.45) is 0 Å². The van der Waals surface area contributed by atoms with Crippen LogP contribution in [-0.4, -0.2) is 27.6 Å². The molecular formula is C18H12Cl2N4O2. The summed E-state index contributed by atoms with van der Waals surface area (Å²) in [4.78, 5) is 21.5. The van der Waals surface area contributed by atoms with Gasteiger partial charge in [-0.1, -0.05) is 35.3 Å². The first-order valence-electron chi connectivity index (χ1n) is 7.61. The maximum atomic E-state index is 12.3. The quantitative estimate of drug-likeness (QED) is 0.520. The third-order valence-electron chi connectivity index (χ3n) is 4.05. The van der Waals surface area contributed by atoms with Crippen molar-refractivity contribution < 1.29 is 9.53 Å². The molecule has 0 amide bonds. The minimum absolute atomic E-state index is 0.159. The fourth-order valence-electron chi connectivity index (χ4n) is 2.85. The van der Waals surface area contributed by atoms with Crippen molar-refractivity contribution in [3.8, 4) is 5.69 Å². The van der Waals surface area contributed by atoms with Crippen LogP contribution in [0, 0.1) is 0 Å². The van der Waals surface area contributed by atoms with Gasteiger partial charge in [-0.15, -0.1) is 0 Å². The molecule has 130 valence electrons. The van der Waals surface area contributed by atoms with Crippen LogP contribution in [0.4, 0.5) is 5.82 Å². The molecule has 0 bridgehead atoms. The van der Waals surface area contributed by atoms with E-state index in [0.717, 1.165) is 0 Å². The number of para-hydroxylation sites is 2. The van der Waals surface area contributed by atoms with Gasteiger partial charge in [-0.05, 0) is 30.3 Å². The van der Waals surface area contributed by atoms with E-state index in [1.165, 1.54) is 7.11 Å². The number of rotatable bonds is 2. The van der Waals surface area contributed by atoms with Crippen molar-refractivity contribution in [2.45, 2.75) is 0 Å². The van der Waals surface area contributed by atoms with Crippen LogP contribution in [0.25, 0.3) is 27.9 Å². The van der Waals surface area contributed by atoms with Gasteiger partial charge in [0, 0.05) is 0 Å². The summed E-state index contributed by atoms with van der Waals surface area (Å²) in [6.45, 7) is 0. The van der Waals surface area contributed by atoms with Crippen LogP contribution in [0.5, 0.6) is 0 Å². The third-order valence-corrected chi connectivity index (χ3v) is 4.79. The third kappa shape index (κ3) is 2.46. The SMILES string of the molecule is COC(=O)c1c(N)n(-c2ccc(Cl)c(Cl)c2)c2nc3ccccc3nc12. The van der Waals surface area contributed by atoms with Gasteiger partial charge in [0.25, 0.3) is 0 Å². The van der Waals surface area contributed by atoms with Gasteiger partial charge in [0.05, 0.1) is 33.9 Å². The van der Waals surface area contributed by atoms with Gasteiger partial charge in [-0.25, -0.2) is 14.8 Å². The Labute approximate surface area is 158 Å². The molecule has 2 aromatic carbocycles. The van der Waals surface area contributed by atoms with Crippen molar-refractivity contribution in [1.82, 2.24) is 14.5 Å². The number of benzene rings is 2. The summed E-state index contributed by atoms with van der Waals surface area (Å²) >= 11 is 12.2. The number of hydrogen-bond acceptors (Lipinski definition) is 5. The minimum atomic E-state index is -0.587. The van der Waals surface area contributed by atoms with Gasteiger partial charge in [0.1, 0.15) is 16.9 Å². The lowest BCUT2D eigenvalue weighted by Gasteiger charge is -2.09. The molecular weight excluding hydrogens is 375 g/mol. The van der Waals surface area contributed by atoms with Crippen LogP contribution in [0.2, 0.25) is 10.0 Å². The molecule has 0 fully saturated rings. The number of carbonyl (C=O) groups is 1. The number of esters is 1. The molecule has 0 spiro atoms. The van der Waals surface area contributed by atoms with Crippen LogP contribution >= 0.6 is 23.2 Å². The molecule has 0 atom stereocenters. The lowest BCUT2D eigenvalue weighted by Crippen LogP contribution is -2.07. The zero-order chi connectivity index (χ0) is 18.4. The summed E-state index contributed by atoms with van der Waals surface area (Å²) in [6.07, 6.45) is 0. The smallest absolute Gasteiger partial charge is 0.343 e. The van der Waals surface area contributed by atoms with Gasteiger partial charge in [-0.2, -0.15) is 0 Å². The number of nitrogens with two attached hydrogens (primary N) is 1. The van der Waals surface area contributed by atoms with Crippen LogP contribution in [0.1, 0.15) is 10.4 Å². The van der Waals surface area contributed by atoms with E-state index in [1.807, 2.05) is 24.3 Å². The van der Waals surface area contributed by atoms with Crippen molar-refractivity contribution >= 4 is 57.2 Å². The largest absolute Gasteiger partial charge is 0.465 e. The number of nitrogens with zero attached hydrogens (tertiary/aromatic N) is 3. The number of anilines is 1. The first kappa shape index (κ1) is 16.6. The van der Waals surface area contributed by atoms with Gasteiger partial charge in [0.15, 0.2) is 5.65 Å². The van der Waals surface area contributed by atoms with Crippen molar-refractivity contribution in [3.05, 3.63) is 58.1 Å². The molecule has 0 saturated heterocycles. The highest BCUT2D eigenvalue weighted by Crippen LogP contribution is 2.33. The highest BCUT2D eigenvalue weighted by Gasteiger charge is 2.25. The highest BCUT2D eigenvalue weighted by molar-refractivity contribution is 6.42. The normalized spacial score (nSPS) is 11.2. The Morgan fingerprint density at radius 3 is 2.42 bits per heavy atom. The zero-order valence-electron chi connectivity index (χ0n) is 13.5. The molecule has 26 heavy (non-hydrogen) atoms. The zero-order valence-corrected chi connectivity index (χ0v) is 15.0. The molecule has 0 aliphatic heterocycles. The predicted molar refractivity (Wildman–Crippen MR) is 102 cm³/mol. The Hall–Kier alpha value is -2.83. The summed E-state index contributed by atoms with van der Waals surface area (Å²) < 4.78 is 6.50. The van der Waals surface area contributed by atoms with Crippen LogP contribution in [-0.2, 0) is 4.74 Å². The molecule has 6 nitrogen and oxygen atoms in total. The van der Waals surface area contributed by atoms with E-state index in [0.29, 0.717) is 37.9 Å². The second kappa shape index (κ2) is 6.16. The summed E-state index contributed by atoms with van der Waals surface area (Å²) in [5.41, 5.74) is 9.17. The predicted octanol–water partition coefficient (Wildman–Crippen LogP) is 4.25. The number of halogens is 2. The molecule has 0 unspecified atom stereocenters. The van der Waals surface area contributed by atoms with E-state index in [2.05, 4.69) is 9.97 Å².